The third-order valence-corrected chi connectivity index (χ3v) is 3.47. The minimum absolute atomic E-state index is 0.554. The number of benzene rings is 1. The number of anilines is 1. The van der Waals surface area contributed by atoms with Crippen molar-refractivity contribution in [1.29, 1.82) is 0 Å². The van der Waals surface area contributed by atoms with E-state index in [9.17, 15) is 0 Å². The predicted molar refractivity (Wildman–Crippen MR) is 73.0 cm³/mol. The number of thioether (sulfide) groups is 1. The van der Waals surface area contributed by atoms with Crippen molar-refractivity contribution in [3.8, 4) is 0 Å². The summed E-state index contributed by atoms with van der Waals surface area (Å²) < 4.78 is 0. The zero-order chi connectivity index (χ0) is 11.3. The first-order chi connectivity index (χ1) is 7.15. The largest absolute Gasteiger partial charge is 0.382 e. The Morgan fingerprint density at radius 1 is 1.20 bits per heavy atom. The van der Waals surface area contributed by atoms with Crippen molar-refractivity contribution in [1.82, 2.24) is 0 Å². The quantitative estimate of drug-likeness (QED) is 0.779. The van der Waals surface area contributed by atoms with Gasteiger partial charge in [0.05, 0.1) is 15.7 Å². The van der Waals surface area contributed by atoms with Gasteiger partial charge in [-0.3, -0.25) is 0 Å². The smallest absolute Gasteiger partial charge is 0.0720 e. The fourth-order valence-corrected chi connectivity index (χ4v) is 2.59. The van der Waals surface area contributed by atoms with E-state index in [0.717, 1.165) is 23.7 Å². The lowest BCUT2D eigenvalue weighted by molar-refractivity contribution is 1.23. The molecule has 84 valence electrons. The van der Waals surface area contributed by atoms with Crippen LogP contribution in [0.3, 0.4) is 0 Å². The van der Waals surface area contributed by atoms with E-state index in [4.69, 9.17) is 34.8 Å². The van der Waals surface area contributed by atoms with Crippen molar-refractivity contribution >= 4 is 52.3 Å². The molecule has 0 unspecified atom stereocenters. The first-order valence-electron chi connectivity index (χ1n) is 4.61. The van der Waals surface area contributed by atoms with E-state index in [1.54, 1.807) is 12.1 Å². The maximum absolute atomic E-state index is 6.01. The highest BCUT2D eigenvalue weighted by Gasteiger charge is 2.06. The number of rotatable bonds is 5. The molecule has 0 heterocycles. The highest BCUT2D eigenvalue weighted by Crippen LogP contribution is 2.33. The number of hydrogen-bond acceptors (Lipinski definition) is 2. The molecule has 0 aromatic heterocycles. The summed E-state index contributed by atoms with van der Waals surface area (Å²) in [6, 6.07) is 3.37. The van der Waals surface area contributed by atoms with Gasteiger partial charge in [-0.15, -0.1) is 0 Å². The highest BCUT2D eigenvalue weighted by molar-refractivity contribution is 7.99. The van der Waals surface area contributed by atoms with Crippen LogP contribution in [0.15, 0.2) is 12.1 Å². The summed E-state index contributed by atoms with van der Waals surface area (Å²) in [5, 5.41) is 4.88. The van der Waals surface area contributed by atoms with Crippen LogP contribution in [-0.4, -0.2) is 18.1 Å². The molecular formula is C10H12Cl3NS. The molecule has 1 nitrogen and oxygen atoms in total. The van der Waals surface area contributed by atoms with Crippen molar-refractivity contribution < 1.29 is 0 Å². The molecular weight excluding hydrogens is 273 g/mol. The van der Waals surface area contributed by atoms with E-state index in [1.165, 1.54) is 0 Å². The molecule has 0 bridgehead atoms. The molecule has 0 spiro atoms. The zero-order valence-electron chi connectivity index (χ0n) is 8.32. The van der Waals surface area contributed by atoms with Crippen molar-refractivity contribution in [3.05, 3.63) is 27.2 Å². The minimum Gasteiger partial charge on any atom is -0.382 e. The lowest BCUT2D eigenvalue weighted by atomic mass is 10.3. The van der Waals surface area contributed by atoms with Gasteiger partial charge in [0, 0.05) is 17.3 Å². The molecule has 1 N–H and O–H groups in total. The maximum Gasteiger partial charge on any atom is 0.0720 e. The number of nitrogens with one attached hydrogen (secondary N) is 1. The fourth-order valence-electron chi connectivity index (χ4n) is 1.10. The van der Waals surface area contributed by atoms with Crippen LogP contribution >= 0.6 is 46.6 Å². The normalized spacial score (nSPS) is 10.4. The third kappa shape index (κ3) is 4.31. The molecule has 1 rings (SSSR count). The Bertz CT molecular complexity index is 307. The highest BCUT2D eigenvalue weighted by atomic mass is 35.5. The molecule has 0 fully saturated rings. The zero-order valence-corrected chi connectivity index (χ0v) is 11.4. The Hall–Kier alpha value is 0.240. The predicted octanol–water partition coefficient (Wildman–Crippen LogP) is 4.81. The fraction of sp³-hybridized carbons (Fsp3) is 0.400. The van der Waals surface area contributed by atoms with E-state index in [1.807, 2.05) is 11.8 Å². The summed E-state index contributed by atoms with van der Waals surface area (Å²) in [6.45, 7) is 2.98. The van der Waals surface area contributed by atoms with Crippen molar-refractivity contribution in [3.63, 3.8) is 0 Å². The second kappa shape index (κ2) is 6.74. The summed E-state index contributed by atoms with van der Waals surface area (Å²) in [6.07, 6.45) is 0. The van der Waals surface area contributed by atoms with Gasteiger partial charge in [-0.25, -0.2) is 0 Å². The summed E-state index contributed by atoms with van der Waals surface area (Å²) in [7, 11) is 0. The van der Waals surface area contributed by atoms with Gasteiger partial charge in [0.1, 0.15) is 0 Å². The minimum atomic E-state index is 0.554. The molecule has 0 amide bonds. The van der Waals surface area contributed by atoms with Crippen LogP contribution in [-0.2, 0) is 0 Å². The molecule has 5 heteroatoms. The van der Waals surface area contributed by atoms with Gasteiger partial charge in [0.25, 0.3) is 0 Å². The first-order valence-corrected chi connectivity index (χ1v) is 6.90. The van der Waals surface area contributed by atoms with Gasteiger partial charge in [0.2, 0.25) is 0 Å². The van der Waals surface area contributed by atoms with E-state index >= 15 is 0 Å². The average molecular weight is 285 g/mol. The van der Waals surface area contributed by atoms with Crippen LogP contribution in [0.25, 0.3) is 0 Å². The van der Waals surface area contributed by atoms with Gasteiger partial charge in [0.15, 0.2) is 0 Å². The summed E-state index contributed by atoms with van der Waals surface area (Å²) in [4.78, 5) is 0. The first kappa shape index (κ1) is 13.3. The van der Waals surface area contributed by atoms with Gasteiger partial charge < -0.3 is 5.32 Å². The van der Waals surface area contributed by atoms with Crippen LogP contribution < -0.4 is 5.32 Å². The van der Waals surface area contributed by atoms with Crippen LogP contribution in [0.4, 0.5) is 5.69 Å². The average Bonchev–Trinajstić information content (AvgIpc) is 2.15. The lowest BCUT2D eigenvalue weighted by Crippen LogP contribution is -2.05. The Morgan fingerprint density at radius 3 is 2.33 bits per heavy atom. The van der Waals surface area contributed by atoms with Gasteiger partial charge in [-0.1, -0.05) is 41.7 Å². The summed E-state index contributed by atoms with van der Waals surface area (Å²) in [5.74, 6) is 2.15. The second-order valence-corrected chi connectivity index (χ2v) is 5.51. The molecule has 1 aromatic carbocycles. The van der Waals surface area contributed by atoms with E-state index in [-0.39, 0.29) is 0 Å². The number of halogens is 3. The monoisotopic (exact) mass is 283 g/mol. The Morgan fingerprint density at radius 2 is 1.80 bits per heavy atom. The standard InChI is InChI=1S/C10H12Cl3NS/c1-2-15-4-3-14-10-8(12)5-7(11)6-9(10)13/h5-6,14H,2-4H2,1H3. The number of hydrogen-bond donors (Lipinski definition) is 1. The Labute approximate surface area is 109 Å². The molecule has 0 saturated carbocycles. The molecule has 0 atom stereocenters. The van der Waals surface area contributed by atoms with Crippen molar-refractivity contribution in [2.24, 2.45) is 0 Å². The van der Waals surface area contributed by atoms with Crippen LogP contribution in [0.1, 0.15) is 6.92 Å². The third-order valence-electron chi connectivity index (χ3n) is 1.76. The molecule has 1 aromatic rings. The van der Waals surface area contributed by atoms with Crippen LogP contribution in [0.2, 0.25) is 15.1 Å². The Balaban J connectivity index is 2.60. The van der Waals surface area contributed by atoms with Gasteiger partial charge >= 0.3 is 0 Å². The molecule has 0 saturated heterocycles. The van der Waals surface area contributed by atoms with Crippen molar-refractivity contribution in [2.75, 3.05) is 23.4 Å². The van der Waals surface area contributed by atoms with E-state index in [2.05, 4.69) is 12.2 Å². The molecule has 0 aliphatic carbocycles. The molecule has 15 heavy (non-hydrogen) atoms. The van der Waals surface area contributed by atoms with E-state index in [0.29, 0.717) is 15.1 Å². The lowest BCUT2D eigenvalue weighted by Gasteiger charge is -2.10. The van der Waals surface area contributed by atoms with Crippen LogP contribution in [0.5, 0.6) is 0 Å². The summed E-state index contributed by atoms with van der Waals surface area (Å²) in [5.41, 5.74) is 0.763. The molecule has 0 radical (unpaired) electrons. The maximum atomic E-state index is 6.01. The van der Waals surface area contributed by atoms with Crippen LogP contribution in [0, 0.1) is 0 Å². The second-order valence-electron chi connectivity index (χ2n) is 2.87. The summed E-state index contributed by atoms with van der Waals surface area (Å²) >= 11 is 19.7. The topological polar surface area (TPSA) is 12.0 Å². The van der Waals surface area contributed by atoms with Crippen molar-refractivity contribution in [2.45, 2.75) is 6.92 Å². The SMILES string of the molecule is CCSCCNc1c(Cl)cc(Cl)cc1Cl. The Kier molecular flexibility index (Phi) is 5.98. The molecule has 0 aliphatic rings. The van der Waals surface area contributed by atoms with Gasteiger partial charge in [-0.2, -0.15) is 11.8 Å². The van der Waals surface area contributed by atoms with Gasteiger partial charge in [-0.05, 0) is 17.9 Å². The van der Waals surface area contributed by atoms with E-state index < -0.39 is 0 Å². The molecule has 0 aliphatic heterocycles.